The Balaban J connectivity index is 1.81. The SMILES string of the molecule is CC1=NN(c2ccccc2)C2OC(N)=C(C#N)C(c3ccc(F)cc3)C12. The second-order valence-electron chi connectivity index (χ2n) is 6.37. The van der Waals surface area contributed by atoms with Crippen molar-refractivity contribution in [3.05, 3.63) is 77.4 Å². The maximum Gasteiger partial charge on any atom is 0.202 e. The van der Waals surface area contributed by atoms with Crippen LogP contribution in [0.4, 0.5) is 10.1 Å². The number of halogens is 1. The number of para-hydroxylation sites is 1. The van der Waals surface area contributed by atoms with Gasteiger partial charge in [0, 0.05) is 11.6 Å². The summed E-state index contributed by atoms with van der Waals surface area (Å²) >= 11 is 0. The molecule has 3 atom stereocenters. The van der Waals surface area contributed by atoms with Gasteiger partial charge in [-0.15, -0.1) is 0 Å². The predicted molar refractivity (Wildman–Crippen MR) is 96.4 cm³/mol. The Kier molecular flexibility index (Phi) is 3.85. The number of ether oxygens (including phenoxy) is 1. The van der Waals surface area contributed by atoms with E-state index >= 15 is 0 Å². The van der Waals surface area contributed by atoms with Gasteiger partial charge in [0.1, 0.15) is 11.9 Å². The van der Waals surface area contributed by atoms with Crippen molar-refractivity contribution < 1.29 is 9.13 Å². The molecule has 0 amide bonds. The number of hydrogen-bond acceptors (Lipinski definition) is 5. The molecule has 2 heterocycles. The van der Waals surface area contributed by atoms with Gasteiger partial charge >= 0.3 is 0 Å². The highest BCUT2D eigenvalue weighted by molar-refractivity contribution is 5.90. The number of hydrogen-bond donors (Lipinski definition) is 1. The molecule has 2 aliphatic rings. The van der Waals surface area contributed by atoms with E-state index in [4.69, 9.17) is 10.5 Å². The molecule has 0 saturated carbocycles. The number of nitrogens with two attached hydrogens (primary N) is 1. The lowest BCUT2D eigenvalue weighted by atomic mass is 9.76. The van der Waals surface area contributed by atoms with Gasteiger partial charge in [0.15, 0.2) is 0 Å². The van der Waals surface area contributed by atoms with Gasteiger partial charge in [-0.25, -0.2) is 9.40 Å². The summed E-state index contributed by atoms with van der Waals surface area (Å²) in [7, 11) is 0. The predicted octanol–water partition coefficient (Wildman–Crippen LogP) is 3.47. The van der Waals surface area contributed by atoms with Crippen LogP contribution in [0.25, 0.3) is 0 Å². The Morgan fingerprint density at radius 1 is 1.15 bits per heavy atom. The van der Waals surface area contributed by atoms with E-state index in [1.165, 1.54) is 12.1 Å². The molecule has 0 bridgehead atoms. The molecular formula is C20H17FN4O. The van der Waals surface area contributed by atoms with E-state index in [9.17, 15) is 9.65 Å². The molecule has 3 unspecified atom stereocenters. The molecular weight excluding hydrogens is 331 g/mol. The van der Waals surface area contributed by atoms with Gasteiger partial charge in [-0.05, 0) is 36.8 Å². The summed E-state index contributed by atoms with van der Waals surface area (Å²) in [6.45, 7) is 1.91. The smallest absolute Gasteiger partial charge is 0.202 e. The molecule has 26 heavy (non-hydrogen) atoms. The zero-order valence-corrected chi connectivity index (χ0v) is 14.1. The van der Waals surface area contributed by atoms with E-state index in [2.05, 4.69) is 11.2 Å². The zero-order chi connectivity index (χ0) is 18.3. The van der Waals surface area contributed by atoms with Gasteiger partial charge < -0.3 is 10.5 Å². The Morgan fingerprint density at radius 3 is 2.50 bits per heavy atom. The third-order valence-corrected chi connectivity index (χ3v) is 4.85. The van der Waals surface area contributed by atoms with Gasteiger partial charge in [0.05, 0.1) is 17.2 Å². The molecule has 0 spiro atoms. The first-order chi connectivity index (χ1) is 12.6. The number of anilines is 1. The summed E-state index contributed by atoms with van der Waals surface area (Å²) in [4.78, 5) is 0. The lowest BCUT2D eigenvalue weighted by Gasteiger charge is -2.37. The maximum atomic E-state index is 13.4. The van der Waals surface area contributed by atoms with Crippen LogP contribution in [0.3, 0.4) is 0 Å². The van der Waals surface area contributed by atoms with Gasteiger partial charge in [0.2, 0.25) is 12.1 Å². The molecule has 2 N–H and O–H groups in total. The van der Waals surface area contributed by atoms with E-state index in [0.29, 0.717) is 5.57 Å². The number of nitrogens with zero attached hydrogens (tertiary/aromatic N) is 3. The van der Waals surface area contributed by atoms with Crippen molar-refractivity contribution in [2.24, 2.45) is 16.8 Å². The third kappa shape index (κ3) is 2.49. The van der Waals surface area contributed by atoms with Crippen LogP contribution in [-0.4, -0.2) is 11.9 Å². The molecule has 0 fully saturated rings. The van der Waals surface area contributed by atoms with Crippen LogP contribution in [0.1, 0.15) is 18.4 Å². The molecule has 0 aromatic heterocycles. The molecule has 2 aromatic carbocycles. The summed E-state index contributed by atoms with van der Waals surface area (Å²) in [6.07, 6.45) is -0.454. The minimum absolute atomic E-state index is 0.0916. The minimum Gasteiger partial charge on any atom is -0.452 e. The fraction of sp³-hybridized carbons (Fsp3) is 0.200. The minimum atomic E-state index is -0.454. The van der Waals surface area contributed by atoms with Crippen molar-refractivity contribution in [2.45, 2.75) is 19.1 Å². The first-order valence-corrected chi connectivity index (χ1v) is 8.31. The van der Waals surface area contributed by atoms with Crippen molar-refractivity contribution in [3.8, 4) is 6.07 Å². The van der Waals surface area contributed by atoms with Crippen LogP contribution < -0.4 is 10.7 Å². The fourth-order valence-electron chi connectivity index (χ4n) is 3.66. The number of benzene rings is 2. The van der Waals surface area contributed by atoms with E-state index in [-0.39, 0.29) is 23.5 Å². The van der Waals surface area contributed by atoms with Crippen molar-refractivity contribution in [2.75, 3.05) is 5.01 Å². The molecule has 0 radical (unpaired) electrons. The van der Waals surface area contributed by atoms with E-state index < -0.39 is 6.23 Å². The van der Waals surface area contributed by atoms with Crippen molar-refractivity contribution in [1.82, 2.24) is 0 Å². The zero-order valence-electron chi connectivity index (χ0n) is 14.1. The van der Waals surface area contributed by atoms with Crippen molar-refractivity contribution >= 4 is 11.4 Å². The first kappa shape index (κ1) is 16.2. The summed E-state index contributed by atoms with van der Waals surface area (Å²) < 4.78 is 19.3. The first-order valence-electron chi connectivity index (χ1n) is 8.31. The number of hydrazone groups is 1. The maximum absolute atomic E-state index is 13.4. The second-order valence-corrected chi connectivity index (χ2v) is 6.37. The largest absolute Gasteiger partial charge is 0.452 e. The summed E-state index contributed by atoms with van der Waals surface area (Å²) in [5.74, 6) is -0.760. The lowest BCUT2D eigenvalue weighted by molar-refractivity contribution is 0.0662. The molecule has 5 nitrogen and oxygen atoms in total. The van der Waals surface area contributed by atoms with Gasteiger partial charge in [0.25, 0.3) is 0 Å². The van der Waals surface area contributed by atoms with E-state index in [0.717, 1.165) is 17.0 Å². The van der Waals surface area contributed by atoms with Gasteiger partial charge in [-0.2, -0.15) is 10.4 Å². The Labute approximate surface area is 150 Å². The number of allylic oxidation sites excluding steroid dienone is 1. The van der Waals surface area contributed by atoms with Crippen LogP contribution in [0.15, 0.2) is 71.2 Å². The van der Waals surface area contributed by atoms with Crippen molar-refractivity contribution in [3.63, 3.8) is 0 Å². The standard InChI is InChI=1S/C20H17FN4O/c1-12-17-18(13-7-9-14(21)10-8-13)16(11-22)19(23)26-20(17)25(24-12)15-5-3-2-4-6-15/h2-10,17-18,20H,23H2,1H3. The highest BCUT2D eigenvalue weighted by atomic mass is 19.1. The molecule has 2 aromatic rings. The van der Waals surface area contributed by atoms with Crippen LogP contribution >= 0.6 is 0 Å². The highest BCUT2D eigenvalue weighted by Crippen LogP contribution is 2.45. The average Bonchev–Trinajstić information content (AvgIpc) is 2.98. The van der Waals surface area contributed by atoms with Crippen LogP contribution in [0, 0.1) is 23.1 Å². The van der Waals surface area contributed by atoms with Crippen LogP contribution in [0.5, 0.6) is 0 Å². The Morgan fingerprint density at radius 2 is 1.85 bits per heavy atom. The molecule has 6 heteroatoms. The molecule has 0 saturated heterocycles. The molecule has 2 aliphatic heterocycles. The summed E-state index contributed by atoms with van der Waals surface area (Å²) in [6, 6.07) is 18.0. The normalized spacial score (nSPS) is 24.6. The Bertz CT molecular complexity index is 931. The quantitative estimate of drug-likeness (QED) is 0.902. The topological polar surface area (TPSA) is 74.6 Å². The molecule has 0 aliphatic carbocycles. The van der Waals surface area contributed by atoms with Gasteiger partial charge in [-0.1, -0.05) is 30.3 Å². The van der Waals surface area contributed by atoms with E-state index in [1.54, 1.807) is 17.1 Å². The third-order valence-electron chi connectivity index (χ3n) is 4.85. The summed E-state index contributed by atoms with van der Waals surface area (Å²) in [5.41, 5.74) is 8.96. The number of fused-ring (bicyclic) bond motifs is 1. The Hall–Kier alpha value is -3.33. The van der Waals surface area contributed by atoms with E-state index in [1.807, 2.05) is 37.3 Å². The lowest BCUT2D eigenvalue weighted by Crippen LogP contribution is -2.43. The molecule has 130 valence electrons. The monoisotopic (exact) mass is 348 g/mol. The fourth-order valence-corrected chi connectivity index (χ4v) is 3.66. The van der Waals surface area contributed by atoms with Crippen LogP contribution in [0.2, 0.25) is 0 Å². The summed E-state index contributed by atoms with van der Waals surface area (Å²) in [5, 5.41) is 16.1. The average molecular weight is 348 g/mol. The number of rotatable bonds is 2. The number of nitriles is 1. The van der Waals surface area contributed by atoms with Crippen LogP contribution in [-0.2, 0) is 4.74 Å². The second kappa shape index (κ2) is 6.19. The van der Waals surface area contributed by atoms with Crippen molar-refractivity contribution in [1.29, 1.82) is 5.26 Å². The van der Waals surface area contributed by atoms with Gasteiger partial charge in [-0.3, -0.25) is 0 Å². The highest BCUT2D eigenvalue weighted by Gasteiger charge is 2.48. The molecule has 4 rings (SSSR count).